The summed E-state index contributed by atoms with van der Waals surface area (Å²) in [6.45, 7) is 0.631. The minimum Gasteiger partial charge on any atom is -0.393 e. The lowest BCUT2D eigenvalue weighted by molar-refractivity contribution is 0.0420. The second-order valence-corrected chi connectivity index (χ2v) is 4.13. The SMILES string of the molecule is Cn1cnc(C(=O)NCC2CC(O)C2)c1. The maximum Gasteiger partial charge on any atom is 0.271 e. The summed E-state index contributed by atoms with van der Waals surface area (Å²) in [5, 5.41) is 11.9. The number of nitrogens with one attached hydrogen (secondary N) is 1. The van der Waals surface area contributed by atoms with Crippen LogP contribution in [0.2, 0.25) is 0 Å². The molecule has 1 aliphatic carbocycles. The van der Waals surface area contributed by atoms with Crippen molar-refractivity contribution in [3.8, 4) is 0 Å². The highest BCUT2D eigenvalue weighted by molar-refractivity contribution is 5.91. The van der Waals surface area contributed by atoms with Crippen LogP contribution in [0.1, 0.15) is 23.3 Å². The standard InChI is InChI=1S/C10H15N3O2/c1-13-5-9(12-6-13)10(15)11-4-7-2-8(14)3-7/h5-8,14H,2-4H2,1H3,(H,11,15). The highest BCUT2D eigenvalue weighted by Gasteiger charge is 2.27. The first-order chi connectivity index (χ1) is 7.15. The molecule has 1 amide bonds. The molecule has 0 aliphatic heterocycles. The summed E-state index contributed by atoms with van der Waals surface area (Å²) in [4.78, 5) is 15.5. The molecular weight excluding hydrogens is 194 g/mol. The molecule has 82 valence electrons. The van der Waals surface area contributed by atoms with Crippen molar-refractivity contribution in [1.29, 1.82) is 0 Å². The normalized spacial score (nSPS) is 24.7. The van der Waals surface area contributed by atoms with Crippen LogP contribution in [-0.2, 0) is 7.05 Å². The number of hydrogen-bond acceptors (Lipinski definition) is 3. The number of aryl methyl sites for hydroxylation is 1. The monoisotopic (exact) mass is 209 g/mol. The Balaban J connectivity index is 1.78. The van der Waals surface area contributed by atoms with Gasteiger partial charge in [-0.15, -0.1) is 0 Å². The summed E-state index contributed by atoms with van der Waals surface area (Å²) in [5.74, 6) is 0.282. The molecule has 1 aromatic rings. The molecule has 0 spiro atoms. The van der Waals surface area contributed by atoms with Gasteiger partial charge < -0.3 is 15.0 Å². The zero-order valence-electron chi connectivity index (χ0n) is 8.68. The quantitative estimate of drug-likeness (QED) is 0.731. The van der Waals surface area contributed by atoms with Gasteiger partial charge in [-0.05, 0) is 18.8 Å². The van der Waals surface area contributed by atoms with E-state index in [1.807, 2.05) is 7.05 Å². The van der Waals surface area contributed by atoms with Gasteiger partial charge in [0.25, 0.3) is 5.91 Å². The summed E-state index contributed by atoms with van der Waals surface area (Å²) in [6.07, 6.45) is 4.71. The minimum absolute atomic E-state index is 0.142. The molecule has 1 fully saturated rings. The first-order valence-corrected chi connectivity index (χ1v) is 5.09. The highest BCUT2D eigenvalue weighted by Crippen LogP contribution is 2.26. The molecule has 1 aromatic heterocycles. The van der Waals surface area contributed by atoms with Crippen LogP contribution in [0.4, 0.5) is 0 Å². The fourth-order valence-electron chi connectivity index (χ4n) is 1.72. The Labute approximate surface area is 88.1 Å². The first kappa shape index (κ1) is 10.2. The smallest absolute Gasteiger partial charge is 0.271 e. The van der Waals surface area contributed by atoms with Gasteiger partial charge in [-0.1, -0.05) is 0 Å². The summed E-state index contributed by atoms with van der Waals surface area (Å²) >= 11 is 0. The van der Waals surface area contributed by atoms with Crippen molar-refractivity contribution in [3.05, 3.63) is 18.2 Å². The number of hydrogen-bond donors (Lipinski definition) is 2. The molecule has 2 N–H and O–H groups in total. The Hall–Kier alpha value is -1.36. The van der Waals surface area contributed by atoms with Crippen LogP contribution in [0.15, 0.2) is 12.5 Å². The van der Waals surface area contributed by atoms with E-state index < -0.39 is 0 Å². The van der Waals surface area contributed by atoms with E-state index in [1.54, 1.807) is 17.1 Å². The second-order valence-electron chi connectivity index (χ2n) is 4.13. The van der Waals surface area contributed by atoms with Crippen molar-refractivity contribution < 1.29 is 9.90 Å². The Kier molecular flexibility index (Phi) is 2.73. The number of imidazole rings is 1. The van der Waals surface area contributed by atoms with Gasteiger partial charge in [0.15, 0.2) is 0 Å². The van der Waals surface area contributed by atoms with Gasteiger partial charge in [-0.2, -0.15) is 0 Å². The van der Waals surface area contributed by atoms with E-state index in [-0.39, 0.29) is 12.0 Å². The number of carbonyl (C=O) groups is 1. The number of amides is 1. The molecule has 1 saturated carbocycles. The molecule has 1 aliphatic rings. The van der Waals surface area contributed by atoms with E-state index in [4.69, 9.17) is 5.11 Å². The number of aliphatic hydroxyl groups is 1. The third-order valence-corrected chi connectivity index (χ3v) is 2.70. The third-order valence-electron chi connectivity index (χ3n) is 2.70. The van der Waals surface area contributed by atoms with Gasteiger partial charge in [0.05, 0.1) is 12.4 Å². The molecule has 2 rings (SSSR count). The molecule has 0 atom stereocenters. The van der Waals surface area contributed by atoms with Gasteiger partial charge in [0, 0.05) is 19.8 Å². The zero-order chi connectivity index (χ0) is 10.8. The average molecular weight is 209 g/mol. The van der Waals surface area contributed by atoms with Crippen molar-refractivity contribution in [3.63, 3.8) is 0 Å². The first-order valence-electron chi connectivity index (χ1n) is 5.09. The van der Waals surface area contributed by atoms with E-state index in [1.165, 1.54) is 0 Å². The molecule has 0 radical (unpaired) electrons. The van der Waals surface area contributed by atoms with Gasteiger partial charge >= 0.3 is 0 Å². The fourth-order valence-corrected chi connectivity index (χ4v) is 1.72. The molecule has 5 heteroatoms. The zero-order valence-corrected chi connectivity index (χ0v) is 8.68. The van der Waals surface area contributed by atoms with Gasteiger partial charge in [-0.3, -0.25) is 4.79 Å². The predicted octanol–water partition coefficient (Wildman–Crippen LogP) is -0.0792. The lowest BCUT2D eigenvalue weighted by atomic mass is 9.82. The Morgan fingerprint density at radius 1 is 1.73 bits per heavy atom. The summed E-state index contributed by atoms with van der Waals surface area (Å²) in [6, 6.07) is 0. The fraction of sp³-hybridized carbons (Fsp3) is 0.600. The average Bonchev–Trinajstić information content (AvgIpc) is 2.57. The number of carbonyl (C=O) groups excluding carboxylic acids is 1. The van der Waals surface area contributed by atoms with Crippen LogP contribution in [-0.4, -0.2) is 33.2 Å². The van der Waals surface area contributed by atoms with Crippen LogP contribution >= 0.6 is 0 Å². The predicted molar refractivity (Wildman–Crippen MR) is 54.3 cm³/mol. The largest absolute Gasteiger partial charge is 0.393 e. The van der Waals surface area contributed by atoms with E-state index in [2.05, 4.69) is 10.3 Å². The van der Waals surface area contributed by atoms with Gasteiger partial charge in [-0.25, -0.2) is 4.98 Å². The number of nitrogens with zero attached hydrogens (tertiary/aromatic N) is 2. The number of aromatic nitrogens is 2. The molecule has 0 bridgehead atoms. The van der Waals surface area contributed by atoms with Crippen molar-refractivity contribution in [1.82, 2.24) is 14.9 Å². The Bertz CT molecular complexity index is 355. The lowest BCUT2D eigenvalue weighted by Crippen LogP contribution is -2.38. The van der Waals surface area contributed by atoms with Crippen LogP contribution in [0.25, 0.3) is 0 Å². The van der Waals surface area contributed by atoms with Crippen LogP contribution in [0, 0.1) is 5.92 Å². The molecule has 15 heavy (non-hydrogen) atoms. The number of rotatable bonds is 3. The van der Waals surface area contributed by atoms with E-state index >= 15 is 0 Å². The molecule has 5 nitrogen and oxygen atoms in total. The van der Waals surface area contributed by atoms with Crippen molar-refractivity contribution in [2.75, 3.05) is 6.54 Å². The Morgan fingerprint density at radius 3 is 3.00 bits per heavy atom. The topological polar surface area (TPSA) is 67.2 Å². The summed E-state index contributed by atoms with van der Waals surface area (Å²) in [5.41, 5.74) is 0.442. The van der Waals surface area contributed by atoms with Gasteiger partial charge in [0.2, 0.25) is 0 Å². The van der Waals surface area contributed by atoms with Gasteiger partial charge in [0.1, 0.15) is 5.69 Å². The van der Waals surface area contributed by atoms with E-state index in [0.717, 1.165) is 12.8 Å². The van der Waals surface area contributed by atoms with E-state index in [9.17, 15) is 4.79 Å². The van der Waals surface area contributed by atoms with Crippen LogP contribution in [0.3, 0.4) is 0 Å². The molecule has 0 saturated heterocycles. The minimum atomic E-state index is -0.165. The number of aliphatic hydroxyl groups excluding tert-OH is 1. The van der Waals surface area contributed by atoms with E-state index in [0.29, 0.717) is 18.2 Å². The second kappa shape index (κ2) is 4.02. The Morgan fingerprint density at radius 2 is 2.47 bits per heavy atom. The molecule has 1 heterocycles. The third kappa shape index (κ3) is 2.36. The molecule has 0 aromatic carbocycles. The van der Waals surface area contributed by atoms with Crippen molar-refractivity contribution >= 4 is 5.91 Å². The summed E-state index contributed by atoms with van der Waals surface area (Å²) < 4.78 is 1.74. The molecular formula is C10H15N3O2. The maximum absolute atomic E-state index is 11.5. The highest BCUT2D eigenvalue weighted by atomic mass is 16.3. The van der Waals surface area contributed by atoms with Crippen LogP contribution in [0.5, 0.6) is 0 Å². The van der Waals surface area contributed by atoms with Crippen molar-refractivity contribution in [2.24, 2.45) is 13.0 Å². The van der Waals surface area contributed by atoms with Crippen molar-refractivity contribution in [2.45, 2.75) is 18.9 Å². The molecule has 0 unspecified atom stereocenters. The maximum atomic E-state index is 11.5. The lowest BCUT2D eigenvalue weighted by Gasteiger charge is -2.31. The van der Waals surface area contributed by atoms with Crippen LogP contribution < -0.4 is 5.32 Å². The summed E-state index contributed by atoms with van der Waals surface area (Å²) in [7, 11) is 1.83.